The Morgan fingerprint density at radius 1 is 1.00 bits per heavy atom. The van der Waals surface area contributed by atoms with Gasteiger partial charge in [0.1, 0.15) is 11.6 Å². The zero-order chi connectivity index (χ0) is 20.9. The van der Waals surface area contributed by atoms with Gasteiger partial charge in [-0.15, -0.1) is 0 Å². The summed E-state index contributed by atoms with van der Waals surface area (Å²) in [6.07, 6.45) is 1.99. The van der Waals surface area contributed by atoms with Crippen molar-refractivity contribution in [3.05, 3.63) is 59.9 Å². The first-order valence-corrected chi connectivity index (χ1v) is 10.8. The molecule has 2 aliphatic rings. The van der Waals surface area contributed by atoms with Crippen LogP contribution in [-0.2, 0) is 11.3 Å². The number of rotatable bonds is 5. The number of carbonyl (C=O) groups excluding carboxylic acids is 1. The number of piperidine rings is 1. The molecule has 6 heteroatoms. The van der Waals surface area contributed by atoms with Gasteiger partial charge in [0.15, 0.2) is 0 Å². The van der Waals surface area contributed by atoms with Crippen LogP contribution in [0.25, 0.3) is 0 Å². The lowest BCUT2D eigenvalue weighted by molar-refractivity contribution is -0.137. The van der Waals surface area contributed by atoms with Gasteiger partial charge in [0.2, 0.25) is 5.91 Å². The van der Waals surface area contributed by atoms with Crippen LogP contribution in [0.15, 0.2) is 48.5 Å². The molecule has 160 valence electrons. The van der Waals surface area contributed by atoms with Crippen molar-refractivity contribution in [3.8, 4) is 5.75 Å². The molecule has 2 saturated heterocycles. The molecule has 2 aromatic carbocycles. The molecule has 30 heavy (non-hydrogen) atoms. The second kappa shape index (κ2) is 9.47. The third kappa shape index (κ3) is 4.93. The zero-order valence-electron chi connectivity index (χ0n) is 17.6. The van der Waals surface area contributed by atoms with Gasteiger partial charge >= 0.3 is 0 Å². The number of halogens is 1. The van der Waals surface area contributed by atoms with Crippen LogP contribution in [0.5, 0.6) is 5.75 Å². The molecule has 2 aromatic rings. The van der Waals surface area contributed by atoms with Crippen molar-refractivity contribution >= 4 is 11.6 Å². The van der Waals surface area contributed by atoms with Crippen LogP contribution in [0, 0.1) is 11.7 Å². The zero-order valence-corrected chi connectivity index (χ0v) is 17.6. The fourth-order valence-electron chi connectivity index (χ4n) is 4.49. The van der Waals surface area contributed by atoms with Crippen molar-refractivity contribution in [1.29, 1.82) is 0 Å². The summed E-state index contributed by atoms with van der Waals surface area (Å²) < 4.78 is 18.4. The fraction of sp³-hybridized carbons (Fsp3) is 0.458. The quantitative estimate of drug-likeness (QED) is 0.756. The maximum atomic E-state index is 13.1. The number of hydrogen-bond acceptors (Lipinski definition) is 4. The highest BCUT2D eigenvalue weighted by atomic mass is 19.1. The normalized spacial score (nSPS) is 20.3. The molecule has 1 amide bonds. The van der Waals surface area contributed by atoms with E-state index < -0.39 is 0 Å². The highest BCUT2D eigenvalue weighted by molar-refractivity contribution is 5.79. The predicted molar refractivity (Wildman–Crippen MR) is 116 cm³/mol. The summed E-state index contributed by atoms with van der Waals surface area (Å²) in [7, 11) is 1.67. The van der Waals surface area contributed by atoms with Crippen molar-refractivity contribution in [3.63, 3.8) is 0 Å². The summed E-state index contributed by atoms with van der Waals surface area (Å²) >= 11 is 0. The second-order valence-corrected chi connectivity index (χ2v) is 8.21. The minimum atomic E-state index is -0.209. The molecule has 0 spiro atoms. The highest BCUT2D eigenvalue weighted by Crippen LogP contribution is 2.24. The average molecular weight is 412 g/mol. The first kappa shape index (κ1) is 20.7. The largest absolute Gasteiger partial charge is 0.497 e. The number of benzene rings is 2. The fourth-order valence-corrected chi connectivity index (χ4v) is 4.49. The SMILES string of the molecule is COc1ccc(N2CCN(C(=O)C3CCCN(Cc4ccc(F)cc4)C3)CC2)cc1. The number of anilines is 1. The van der Waals surface area contributed by atoms with E-state index in [1.54, 1.807) is 7.11 Å². The standard InChI is InChI=1S/C24H30FN3O2/c1-30-23-10-8-22(9-11-23)27-13-15-28(16-14-27)24(29)20-3-2-12-26(18-20)17-19-4-6-21(25)7-5-19/h4-11,20H,2-3,12-18H2,1H3. The Kier molecular flexibility index (Phi) is 6.53. The minimum Gasteiger partial charge on any atom is -0.497 e. The molecule has 4 rings (SSSR count). The number of methoxy groups -OCH3 is 1. The van der Waals surface area contributed by atoms with E-state index in [9.17, 15) is 9.18 Å². The van der Waals surface area contributed by atoms with Crippen LogP contribution >= 0.6 is 0 Å². The van der Waals surface area contributed by atoms with Crippen LogP contribution in [0.4, 0.5) is 10.1 Å². The van der Waals surface area contributed by atoms with Gasteiger partial charge < -0.3 is 14.5 Å². The molecular formula is C24H30FN3O2. The molecule has 5 nitrogen and oxygen atoms in total. The molecule has 2 aliphatic heterocycles. The maximum Gasteiger partial charge on any atom is 0.227 e. The predicted octanol–water partition coefficient (Wildman–Crippen LogP) is 3.40. The first-order valence-electron chi connectivity index (χ1n) is 10.8. The molecule has 0 aliphatic carbocycles. The van der Waals surface area contributed by atoms with Gasteiger partial charge in [0, 0.05) is 45.0 Å². The number of piperazine rings is 1. The third-order valence-corrected chi connectivity index (χ3v) is 6.20. The molecule has 0 bridgehead atoms. The first-order chi connectivity index (χ1) is 14.6. The smallest absolute Gasteiger partial charge is 0.227 e. The van der Waals surface area contributed by atoms with E-state index in [-0.39, 0.29) is 17.6 Å². The number of hydrogen-bond donors (Lipinski definition) is 0. The van der Waals surface area contributed by atoms with Crippen molar-refractivity contribution in [2.75, 3.05) is 51.3 Å². The van der Waals surface area contributed by atoms with E-state index in [1.165, 1.54) is 17.8 Å². The van der Waals surface area contributed by atoms with Crippen LogP contribution in [0.1, 0.15) is 18.4 Å². The van der Waals surface area contributed by atoms with Gasteiger partial charge in [-0.2, -0.15) is 0 Å². The van der Waals surface area contributed by atoms with Gasteiger partial charge in [-0.05, 0) is 61.3 Å². The summed E-state index contributed by atoms with van der Waals surface area (Å²) in [5.74, 6) is 0.995. The van der Waals surface area contributed by atoms with Gasteiger partial charge in [0.05, 0.1) is 13.0 Å². The van der Waals surface area contributed by atoms with Gasteiger partial charge in [0.25, 0.3) is 0 Å². The van der Waals surface area contributed by atoms with Crippen LogP contribution in [0.3, 0.4) is 0 Å². The van der Waals surface area contributed by atoms with Crippen LogP contribution in [-0.4, -0.2) is 62.1 Å². The average Bonchev–Trinajstić information content (AvgIpc) is 2.80. The summed E-state index contributed by atoms with van der Waals surface area (Å²) in [5.41, 5.74) is 2.27. The lowest BCUT2D eigenvalue weighted by Gasteiger charge is -2.39. The Morgan fingerprint density at radius 2 is 1.70 bits per heavy atom. The van der Waals surface area contributed by atoms with E-state index in [1.807, 2.05) is 29.2 Å². The Bertz CT molecular complexity index is 833. The molecule has 1 unspecified atom stereocenters. The number of ether oxygens (including phenoxy) is 1. The molecule has 2 heterocycles. The Balaban J connectivity index is 1.29. The Morgan fingerprint density at radius 3 is 2.37 bits per heavy atom. The van der Waals surface area contributed by atoms with E-state index in [0.29, 0.717) is 0 Å². The molecule has 2 fully saturated rings. The topological polar surface area (TPSA) is 36.0 Å². The highest BCUT2D eigenvalue weighted by Gasteiger charge is 2.31. The summed E-state index contributed by atoms with van der Waals surface area (Å²) in [5, 5.41) is 0. The summed E-state index contributed by atoms with van der Waals surface area (Å²) in [6.45, 7) is 5.78. The minimum absolute atomic E-state index is 0.0618. The van der Waals surface area contributed by atoms with E-state index in [4.69, 9.17) is 4.74 Å². The summed E-state index contributed by atoms with van der Waals surface area (Å²) in [4.78, 5) is 19.8. The molecule has 0 radical (unpaired) electrons. The number of likely N-dealkylation sites (tertiary alicyclic amines) is 1. The molecule has 0 aromatic heterocycles. The molecular weight excluding hydrogens is 381 g/mol. The molecule has 1 atom stereocenters. The lowest BCUT2D eigenvalue weighted by atomic mass is 9.95. The Hall–Kier alpha value is -2.60. The van der Waals surface area contributed by atoms with Gasteiger partial charge in [-0.1, -0.05) is 12.1 Å². The van der Waals surface area contributed by atoms with Crippen LogP contribution in [0.2, 0.25) is 0 Å². The number of carbonyl (C=O) groups is 1. The Labute approximate surface area is 178 Å². The van der Waals surface area contributed by atoms with Crippen molar-refractivity contribution < 1.29 is 13.9 Å². The lowest BCUT2D eigenvalue weighted by Crippen LogP contribution is -2.52. The van der Waals surface area contributed by atoms with Crippen molar-refractivity contribution in [1.82, 2.24) is 9.80 Å². The summed E-state index contributed by atoms with van der Waals surface area (Å²) in [6, 6.07) is 14.8. The molecule has 0 saturated carbocycles. The maximum absolute atomic E-state index is 13.1. The number of nitrogens with zero attached hydrogens (tertiary/aromatic N) is 3. The van der Waals surface area contributed by atoms with Crippen molar-refractivity contribution in [2.45, 2.75) is 19.4 Å². The van der Waals surface area contributed by atoms with E-state index in [2.05, 4.69) is 21.9 Å². The van der Waals surface area contributed by atoms with Crippen molar-refractivity contribution in [2.24, 2.45) is 5.92 Å². The monoisotopic (exact) mass is 411 g/mol. The van der Waals surface area contributed by atoms with Gasteiger partial charge in [-0.3, -0.25) is 9.69 Å². The third-order valence-electron chi connectivity index (χ3n) is 6.20. The second-order valence-electron chi connectivity index (χ2n) is 8.21. The van der Waals surface area contributed by atoms with E-state index in [0.717, 1.165) is 70.0 Å². The number of amides is 1. The molecule has 0 N–H and O–H groups in total. The van der Waals surface area contributed by atoms with Gasteiger partial charge in [-0.25, -0.2) is 4.39 Å². The van der Waals surface area contributed by atoms with Crippen LogP contribution < -0.4 is 9.64 Å². The van der Waals surface area contributed by atoms with E-state index >= 15 is 0 Å².